The van der Waals surface area contributed by atoms with E-state index in [0.717, 1.165) is 41.3 Å². The quantitative estimate of drug-likeness (QED) is 0.553. The van der Waals surface area contributed by atoms with Gasteiger partial charge >= 0.3 is 6.09 Å². The molecule has 0 atom stereocenters. The molecule has 2 aromatic carbocycles. The van der Waals surface area contributed by atoms with Crippen LogP contribution in [-0.4, -0.2) is 43.0 Å². The number of ether oxygens (including phenoxy) is 3. The number of rotatable bonds is 8. The third-order valence-corrected chi connectivity index (χ3v) is 5.09. The molecule has 3 rings (SSSR count). The molecule has 0 heterocycles. The van der Waals surface area contributed by atoms with Crippen molar-refractivity contribution in [3.05, 3.63) is 41.5 Å². The van der Waals surface area contributed by atoms with Gasteiger partial charge in [-0.15, -0.1) is 0 Å². The van der Waals surface area contributed by atoms with Gasteiger partial charge in [0, 0.05) is 38.1 Å². The zero-order valence-electron chi connectivity index (χ0n) is 18.3. The Balaban J connectivity index is 1.89. The van der Waals surface area contributed by atoms with Crippen LogP contribution in [0, 0.1) is 6.92 Å². The molecule has 5 nitrogen and oxygen atoms in total. The van der Waals surface area contributed by atoms with Crippen molar-refractivity contribution >= 4 is 16.9 Å². The summed E-state index contributed by atoms with van der Waals surface area (Å²) in [5, 5.41) is 2.26. The Hall–Kier alpha value is -2.27. The molecule has 158 valence electrons. The normalized spacial score (nSPS) is 14.1. The fraction of sp³-hybridized carbons (Fsp3) is 0.542. The Kier molecular flexibility index (Phi) is 6.68. The van der Waals surface area contributed by atoms with E-state index < -0.39 is 5.60 Å². The molecule has 0 radical (unpaired) electrons. The van der Waals surface area contributed by atoms with E-state index in [4.69, 9.17) is 14.2 Å². The van der Waals surface area contributed by atoms with E-state index in [9.17, 15) is 4.79 Å². The number of fused-ring (bicyclic) bond motifs is 1. The standard InChI is InChI=1S/C24H33NO4/c1-17-18(16-25(19-11-12-19)23(26)29-24(2,3)4)15-22(28-14-8-13-27-5)21-10-7-6-9-20(17)21/h6-7,9-10,15,19H,8,11-14,16H2,1-5H3. The predicted molar refractivity (Wildman–Crippen MR) is 115 cm³/mol. The highest BCUT2D eigenvalue weighted by molar-refractivity contribution is 5.92. The minimum atomic E-state index is -0.502. The molecule has 1 aliphatic carbocycles. The first-order valence-electron chi connectivity index (χ1n) is 10.4. The molecule has 1 aliphatic rings. The van der Waals surface area contributed by atoms with Crippen molar-refractivity contribution in [2.45, 2.75) is 65.1 Å². The number of hydrogen-bond acceptors (Lipinski definition) is 4. The highest BCUT2D eigenvalue weighted by atomic mass is 16.6. The number of nitrogens with zero attached hydrogens (tertiary/aromatic N) is 1. The molecule has 0 aromatic heterocycles. The van der Waals surface area contributed by atoms with Crippen molar-refractivity contribution in [3.63, 3.8) is 0 Å². The topological polar surface area (TPSA) is 48.0 Å². The van der Waals surface area contributed by atoms with E-state index in [1.54, 1.807) is 7.11 Å². The van der Waals surface area contributed by atoms with Crippen molar-refractivity contribution in [3.8, 4) is 5.75 Å². The highest BCUT2D eigenvalue weighted by Gasteiger charge is 2.35. The second kappa shape index (κ2) is 9.04. The first-order valence-corrected chi connectivity index (χ1v) is 10.4. The average Bonchev–Trinajstić information content (AvgIpc) is 3.49. The minimum absolute atomic E-state index is 0.241. The van der Waals surface area contributed by atoms with Crippen LogP contribution in [0.5, 0.6) is 5.75 Å². The van der Waals surface area contributed by atoms with Crippen LogP contribution in [0.1, 0.15) is 51.2 Å². The molecule has 0 unspecified atom stereocenters. The molecular weight excluding hydrogens is 366 g/mol. The number of benzene rings is 2. The van der Waals surface area contributed by atoms with Crippen molar-refractivity contribution < 1.29 is 19.0 Å². The van der Waals surface area contributed by atoms with Gasteiger partial charge in [-0.2, -0.15) is 0 Å². The Morgan fingerprint density at radius 2 is 1.83 bits per heavy atom. The SMILES string of the molecule is COCCCOc1cc(CN(C(=O)OC(C)(C)C)C2CC2)c(C)c2ccccc12. The molecule has 2 aromatic rings. The minimum Gasteiger partial charge on any atom is -0.493 e. The van der Waals surface area contributed by atoms with E-state index in [2.05, 4.69) is 25.1 Å². The summed E-state index contributed by atoms with van der Waals surface area (Å²) in [4.78, 5) is 14.7. The van der Waals surface area contributed by atoms with Gasteiger partial charge in [-0.25, -0.2) is 4.79 Å². The molecule has 0 saturated heterocycles. The number of carbonyl (C=O) groups excluding carboxylic acids is 1. The molecule has 0 spiro atoms. The van der Waals surface area contributed by atoms with Crippen LogP contribution in [-0.2, 0) is 16.0 Å². The number of amides is 1. The zero-order chi connectivity index (χ0) is 21.0. The largest absolute Gasteiger partial charge is 0.493 e. The average molecular weight is 400 g/mol. The first kappa shape index (κ1) is 21.4. The van der Waals surface area contributed by atoms with Crippen molar-refractivity contribution in [2.75, 3.05) is 20.3 Å². The lowest BCUT2D eigenvalue weighted by Gasteiger charge is -2.28. The van der Waals surface area contributed by atoms with Crippen LogP contribution in [0.4, 0.5) is 4.79 Å². The lowest BCUT2D eigenvalue weighted by molar-refractivity contribution is 0.0216. The summed E-state index contributed by atoms with van der Waals surface area (Å²) in [5.74, 6) is 0.859. The van der Waals surface area contributed by atoms with Gasteiger partial charge in [-0.05, 0) is 63.1 Å². The van der Waals surface area contributed by atoms with E-state index in [-0.39, 0.29) is 12.1 Å². The van der Waals surface area contributed by atoms with E-state index >= 15 is 0 Å². The summed E-state index contributed by atoms with van der Waals surface area (Å²) >= 11 is 0. The Labute approximate surface area is 173 Å². The van der Waals surface area contributed by atoms with Gasteiger partial charge in [0.05, 0.1) is 6.61 Å². The predicted octanol–water partition coefficient (Wildman–Crippen LogP) is 5.46. The molecule has 1 saturated carbocycles. The van der Waals surface area contributed by atoms with E-state index in [0.29, 0.717) is 19.8 Å². The maximum Gasteiger partial charge on any atom is 0.410 e. The third kappa shape index (κ3) is 5.63. The van der Waals surface area contributed by atoms with E-state index in [1.165, 1.54) is 5.56 Å². The summed E-state index contributed by atoms with van der Waals surface area (Å²) in [6.07, 6.45) is 2.66. The van der Waals surface area contributed by atoms with Crippen molar-refractivity contribution in [1.82, 2.24) is 4.90 Å². The maximum atomic E-state index is 12.8. The van der Waals surface area contributed by atoms with Gasteiger partial charge in [0.2, 0.25) is 0 Å². The molecule has 5 heteroatoms. The van der Waals surface area contributed by atoms with Gasteiger partial charge in [0.1, 0.15) is 11.4 Å². The molecule has 1 fully saturated rings. The molecule has 0 aliphatic heterocycles. The van der Waals surface area contributed by atoms with Gasteiger partial charge in [0.15, 0.2) is 0 Å². The van der Waals surface area contributed by atoms with Crippen LogP contribution >= 0.6 is 0 Å². The molecule has 0 N–H and O–H groups in total. The van der Waals surface area contributed by atoms with Crippen LogP contribution in [0.15, 0.2) is 30.3 Å². The number of methoxy groups -OCH3 is 1. The summed E-state index contributed by atoms with van der Waals surface area (Å²) in [6.45, 7) is 9.64. The number of aryl methyl sites for hydroxylation is 1. The lowest BCUT2D eigenvalue weighted by atomic mass is 9.98. The fourth-order valence-electron chi connectivity index (χ4n) is 3.44. The third-order valence-electron chi connectivity index (χ3n) is 5.09. The van der Waals surface area contributed by atoms with Gasteiger partial charge in [-0.3, -0.25) is 0 Å². The van der Waals surface area contributed by atoms with Gasteiger partial charge in [-0.1, -0.05) is 24.3 Å². The Morgan fingerprint density at radius 3 is 2.45 bits per heavy atom. The second-order valence-electron chi connectivity index (χ2n) is 8.74. The monoisotopic (exact) mass is 399 g/mol. The summed E-state index contributed by atoms with van der Waals surface area (Å²) in [6, 6.07) is 10.6. The van der Waals surface area contributed by atoms with Crippen molar-refractivity contribution in [2.24, 2.45) is 0 Å². The number of carbonyl (C=O) groups is 1. The molecular formula is C24H33NO4. The summed E-state index contributed by atoms with van der Waals surface area (Å²) in [5.41, 5.74) is 1.78. The van der Waals surface area contributed by atoms with Crippen LogP contribution in [0.25, 0.3) is 10.8 Å². The van der Waals surface area contributed by atoms with Gasteiger partial charge < -0.3 is 19.1 Å². The number of hydrogen-bond donors (Lipinski definition) is 0. The maximum absolute atomic E-state index is 12.8. The highest BCUT2D eigenvalue weighted by Crippen LogP contribution is 2.35. The molecule has 1 amide bonds. The van der Waals surface area contributed by atoms with Gasteiger partial charge in [0.25, 0.3) is 0 Å². The first-order chi connectivity index (χ1) is 13.8. The fourth-order valence-corrected chi connectivity index (χ4v) is 3.44. The smallest absolute Gasteiger partial charge is 0.410 e. The Bertz CT molecular complexity index is 852. The molecule has 0 bridgehead atoms. The van der Waals surface area contributed by atoms with Crippen LogP contribution < -0.4 is 4.74 Å². The summed E-state index contributed by atoms with van der Waals surface area (Å²) < 4.78 is 16.9. The summed E-state index contributed by atoms with van der Waals surface area (Å²) in [7, 11) is 1.70. The zero-order valence-corrected chi connectivity index (χ0v) is 18.3. The van der Waals surface area contributed by atoms with Crippen LogP contribution in [0.3, 0.4) is 0 Å². The molecule has 29 heavy (non-hydrogen) atoms. The van der Waals surface area contributed by atoms with E-state index in [1.807, 2.05) is 37.8 Å². The van der Waals surface area contributed by atoms with Crippen molar-refractivity contribution in [1.29, 1.82) is 0 Å². The lowest BCUT2D eigenvalue weighted by Crippen LogP contribution is -2.38. The Morgan fingerprint density at radius 1 is 1.14 bits per heavy atom. The van der Waals surface area contributed by atoms with Crippen LogP contribution in [0.2, 0.25) is 0 Å². The second-order valence-corrected chi connectivity index (χ2v) is 8.74.